The van der Waals surface area contributed by atoms with Crippen molar-refractivity contribution in [2.75, 3.05) is 18.9 Å². The number of aliphatic carboxylic acids is 1. The first kappa shape index (κ1) is 19.2. The summed E-state index contributed by atoms with van der Waals surface area (Å²) in [6.45, 7) is 3.58. The third-order valence-corrected chi connectivity index (χ3v) is 4.98. The predicted octanol–water partition coefficient (Wildman–Crippen LogP) is 3.88. The number of rotatable bonds is 6. The van der Waals surface area contributed by atoms with Crippen LogP contribution in [-0.2, 0) is 11.2 Å². The van der Waals surface area contributed by atoms with Gasteiger partial charge in [-0.25, -0.2) is 9.78 Å². The number of benzene rings is 1. The lowest BCUT2D eigenvalue weighted by Gasteiger charge is -2.19. The van der Waals surface area contributed by atoms with Crippen molar-refractivity contribution in [2.45, 2.75) is 20.3 Å². The maximum absolute atomic E-state index is 12.2. The zero-order valence-corrected chi connectivity index (χ0v) is 15.8. The van der Waals surface area contributed by atoms with Gasteiger partial charge in [0, 0.05) is 29.9 Å². The molecular formula is C17H20ClN3O3S. The standard InChI is InChI=1S/C17H20ClN3O3S/c1-10(15(22)23)9-21(3)17(24)20-16-19-11(2)14(25-16)8-12-5-4-6-13(18)7-12/h4-7,10H,8-9H2,1-3H3,(H,22,23)(H,19,20,24). The van der Waals surface area contributed by atoms with Gasteiger partial charge in [-0.05, 0) is 24.6 Å². The van der Waals surface area contributed by atoms with Crippen molar-refractivity contribution in [3.05, 3.63) is 45.4 Å². The van der Waals surface area contributed by atoms with E-state index in [9.17, 15) is 9.59 Å². The molecule has 2 amide bonds. The molecule has 6 nitrogen and oxygen atoms in total. The second kappa shape index (κ2) is 8.31. The van der Waals surface area contributed by atoms with Gasteiger partial charge < -0.3 is 10.0 Å². The molecule has 0 saturated heterocycles. The van der Waals surface area contributed by atoms with E-state index >= 15 is 0 Å². The van der Waals surface area contributed by atoms with Crippen LogP contribution in [0.25, 0.3) is 0 Å². The molecule has 0 aliphatic rings. The highest BCUT2D eigenvalue weighted by Crippen LogP contribution is 2.26. The van der Waals surface area contributed by atoms with E-state index in [0.717, 1.165) is 16.1 Å². The summed E-state index contributed by atoms with van der Waals surface area (Å²) < 4.78 is 0. The van der Waals surface area contributed by atoms with E-state index in [-0.39, 0.29) is 12.6 Å². The smallest absolute Gasteiger partial charge is 0.323 e. The van der Waals surface area contributed by atoms with Gasteiger partial charge in [-0.2, -0.15) is 0 Å². The molecule has 0 spiro atoms. The lowest BCUT2D eigenvalue weighted by molar-refractivity contribution is -0.141. The molecule has 25 heavy (non-hydrogen) atoms. The molecule has 134 valence electrons. The van der Waals surface area contributed by atoms with Gasteiger partial charge in [-0.15, -0.1) is 11.3 Å². The minimum atomic E-state index is -0.937. The summed E-state index contributed by atoms with van der Waals surface area (Å²) in [5.41, 5.74) is 1.92. The van der Waals surface area contributed by atoms with Crippen LogP contribution >= 0.6 is 22.9 Å². The number of aryl methyl sites for hydroxylation is 1. The first-order valence-electron chi connectivity index (χ1n) is 7.72. The zero-order chi connectivity index (χ0) is 18.6. The molecule has 0 aliphatic heterocycles. The number of carbonyl (C=O) groups is 2. The van der Waals surface area contributed by atoms with Crippen molar-refractivity contribution >= 4 is 40.1 Å². The maximum atomic E-state index is 12.2. The van der Waals surface area contributed by atoms with Gasteiger partial charge in [0.15, 0.2) is 5.13 Å². The van der Waals surface area contributed by atoms with Crippen LogP contribution in [0.2, 0.25) is 5.02 Å². The summed E-state index contributed by atoms with van der Waals surface area (Å²) in [5.74, 6) is -1.57. The average molecular weight is 382 g/mol. The summed E-state index contributed by atoms with van der Waals surface area (Å²) in [6.07, 6.45) is 0.686. The van der Waals surface area contributed by atoms with E-state index in [4.69, 9.17) is 16.7 Å². The van der Waals surface area contributed by atoms with Gasteiger partial charge in [0.2, 0.25) is 0 Å². The number of nitrogens with zero attached hydrogens (tertiary/aromatic N) is 2. The molecule has 2 rings (SSSR count). The van der Waals surface area contributed by atoms with Gasteiger partial charge in [0.05, 0.1) is 11.6 Å². The second-order valence-electron chi connectivity index (χ2n) is 5.88. The molecule has 8 heteroatoms. The maximum Gasteiger partial charge on any atom is 0.323 e. The van der Waals surface area contributed by atoms with E-state index in [1.807, 2.05) is 31.2 Å². The summed E-state index contributed by atoms with van der Waals surface area (Å²) in [6, 6.07) is 7.24. The second-order valence-corrected chi connectivity index (χ2v) is 7.40. The minimum absolute atomic E-state index is 0.126. The van der Waals surface area contributed by atoms with Crippen molar-refractivity contribution in [1.29, 1.82) is 0 Å². The average Bonchev–Trinajstić information content (AvgIpc) is 2.86. The number of carbonyl (C=O) groups excluding carboxylic acids is 1. The van der Waals surface area contributed by atoms with Crippen LogP contribution in [0.1, 0.15) is 23.1 Å². The van der Waals surface area contributed by atoms with Crippen LogP contribution in [0.5, 0.6) is 0 Å². The largest absolute Gasteiger partial charge is 0.481 e. The van der Waals surface area contributed by atoms with Crippen molar-refractivity contribution in [1.82, 2.24) is 9.88 Å². The van der Waals surface area contributed by atoms with Gasteiger partial charge in [-0.1, -0.05) is 30.7 Å². The highest BCUT2D eigenvalue weighted by molar-refractivity contribution is 7.15. The third-order valence-electron chi connectivity index (χ3n) is 3.68. The van der Waals surface area contributed by atoms with Crippen molar-refractivity contribution in [2.24, 2.45) is 5.92 Å². The van der Waals surface area contributed by atoms with Crippen LogP contribution in [-0.4, -0.2) is 40.6 Å². The van der Waals surface area contributed by atoms with Gasteiger partial charge >= 0.3 is 12.0 Å². The monoisotopic (exact) mass is 381 g/mol. The fraction of sp³-hybridized carbons (Fsp3) is 0.353. The molecule has 2 N–H and O–H groups in total. The lowest BCUT2D eigenvalue weighted by Crippen LogP contribution is -2.36. The first-order valence-corrected chi connectivity index (χ1v) is 8.91. The number of thiazole rings is 1. The number of anilines is 1. The third kappa shape index (κ3) is 5.44. The van der Waals surface area contributed by atoms with Crippen molar-refractivity contribution in [3.63, 3.8) is 0 Å². The Kier molecular flexibility index (Phi) is 6.39. The minimum Gasteiger partial charge on any atom is -0.481 e. The molecule has 1 atom stereocenters. The number of urea groups is 1. The predicted molar refractivity (Wildman–Crippen MR) is 99.6 cm³/mol. The SMILES string of the molecule is Cc1nc(NC(=O)N(C)CC(C)C(=O)O)sc1Cc1cccc(Cl)c1. The summed E-state index contributed by atoms with van der Waals surface area (Å²) in [4.78, 5) is 29.8. The van der Waals surface area contributed by atoms with Crippen molar-refractivity contribution < 1.29 is 14.7 Å². The topological polar surface area (TPSA) is 82.5 Å². The number of halogens is 1. The fourth-order valence-corrected chi connectivity index (χ4v) is 3.44. The van der Waals surface area contributed by atoms with Crippen LogP contribution in [0, 0.1) is 12.8 Å². The van der Waals surface area contributed by atoms with E-state index < -0.39 is 11.9 Å². The highest BCUT2D eigenvalue weighted by Gasteiger charge is 2.19. The number of hydrogen-bond donors (Lipinski definition) is 2. The van der Waals surface area contributed by atoms with Crippen molar-refractivity contribution in [3.8, 4) is 0 Å². The zero-order valence-electron chi connectivity index (χ0n) is 14.2. The normalized spacial score (nSPS) is 11.8. The quantitative estimate of drug-likeness (QED) is 0.795. The summed E-state index contributed by atoms with van der Waals surface area (Å²) in [7, 11) is 1.56. The number of carboxylic acid groups (broad SMARTS) is 1. The number of aromatic nitrogens is 1. The number of nitrogens with one attached hydrogen (secondary N) is 1. The van der Waals surface area contributed by atoms with Gasteiger partial charge in [-0.3, -0.25) is 10.1 Å². The number of carboxylic acids is 1. The Bertz CT molecular complexity index is 778. The Hall–Kier alpha value is -2.12. The van der Waals surface area contributed by atoms with E-state index in [1.54, 1.807) is 14.0 Å². The Labute approximate surface area is 155 Å². The molecule has 1 unspecified atom stereocenters. The Morgan fingerprint density at radius 3 is 2.80 bits per heavy atom. The first-order chi connectivity index (χ1) is 11.8. The Morgan fingerprint density at radius 2 is 2.16 bits per heavy atom. The lowest BCUT2D eigenvalue weighted by atomic mass is 10.1. The molecule has 0 bridgehead atoms. The summed E-state index contributed by atoms with van der Waals surface area (Å²) >= 11 is 7.41. The molecule has 0 fully saturated rings. The molecule has 0 radical (unpaired) electrons. The molecule has 0 saturated carbocycles. The molecule has 1 heterocycles. The van der Waals surface area contributed by atoms with Crippen LogP contribution < -0.4 is 5.32 Å². The molecule has 0 aliphatic carbocycles. The molecule has 1 aromatic carbocycles. The van der Waals surface area contributed by atoms with Crippen LogP contribution in [0.4, 0.5) is 9.93 Å². The van der Waals surface area contributed by atoms with Gasteiger partial charge in [0.25, 0.3) is 0 Å². The Balaban J connectivity index is 2.02. The fourth-order valence-electron chi connectivity index (χ4n) is 2.24. The van der Waals surface area contributed by atoms with Crippen LogP contribution in [0.15, 0.2) is 24.3 Å². The number of amides is 2. The van der Waals surface area contributed by atoms with Crippen LogP contribution in [0.3, 0.4) is 0 Å². The van der Waals surface area contributed by atoms with E-state index in [1.165, 1.54) is 16.2 Å². The Morgan fingerprint density at radius 1 is 1.44 bits per heavy atom. The number of hydrogen-bond acceptors (Lipinski definition) is 4. The summed E-state index contributed by atoms with van der Waals surface area (Å²) in [5, 5.41) is 12.8. The van der Waals surface area contributed by atoms with Gasteiger partial charge in [0.1, 0.15) is 0 Å². The molecule has 2 aromatic rings. The van der Waals surface area contributed by atoms with E-state index in [2.05, 4.69) is 10.3 Å². The molecular weight excluding hydrogens is 362 g/mol. The molecule has 1 aromatic heterocycles. The van der Waals surface area contributed by atoms with E-state index in [0.29, 0.717) is 16.6 Å². The highest BCUT2D eigenvalue weighted by atomic mass is 35.5.